The summed E-state index contributed by atoms with van der Waals surface area (Å²) in [5.74, 6) is -1.57. The van der Waals surface area contributed by atoms with Crippen molar-refractivity contribution in [1.82, 2.24) is 10.2 Å². The molecule has 28 heavy (non-hydrogen) atoms. The van der Waals surface area contributed by atoms with Crippen molar-refractivity contribution in [1.29, 1.82) is 5.26 Å². The van der Waals surface area contributed by atoms with Crippen molar-refractivity contribution in [3.05, 3.63) is 82.9 Å². The molecule has 4 rings (SSSR count). The Balaban J connectivity index is 1.84. The van der Waals surface area contributed by atoms with Crippen molar-refractivity contribution in [2.24, 2.45) is 5.73 Å². The van der Waals surface area contributed by atoms with Crippen LogP contribution in [0.1, 0.15) is 22.7 Å². The van der Waals surface area contributed by atoms with Gasteiger partial charge < -0.3 is 10.5 Å². The first-order chi connectivity index (χ1) is 13.4. The van der Waals surface area contributed by atoms with Crippen molar-refractivity contribution in [3.63, 3.8) is 0 Å². The normalized spacial score (nSPS) is 16.3. The van der Waals surface area contributed by atoms with Crippen LogP contribution in [-0.4, -0.2) is 10.2 Å². The molecule has 1 aliphatic rings. The van der Waals surface area contributed by atoms with Gasteiger partial charge in [0, 0.05) is 0 Å². The maximum Gasteiger partial charge on any atom is 0.433 e. The predicted molar refractivity (Wildman–Crippen MR) is 94.8 cm³/mol. The van der Waals surface area contributed by atoms with Crippen LogP contribution in [0.3, 0.4) is 0 Å². The van der Waals surface area contributed by atoms with Gasteiger partial charge in [-0.15, -0.1) is 5.10 Å². The highest BCUT2D eigenvalue weighted by molar-refractivity contribution is 5.65. The summed E-state index contributed by atoms with van der Waals surface area (Å²) in [4.78, 5) is 0. The summed E-state index contributed by atoms with van der Waals surface area (Å²) < 4.78 is 45.5. The first-order valence-corrected chi connectivity index (χ1v) is 8.28. The number of rotatable bonds is 2. The number of nitrogens with two attached hydrogens (primary N) is 1. The van der Waals surface area contributed by atoms with Crippen LogP contribution >= 0.6 is 0 Å². The Morgan fingerprint density at radius 3 is 2.29 bits per heavy atom. The number of halogens is 3. The van der Waals surface area contributed by atoms with Gasteiger partial charge in [-0.25, -0.2) is 0 Å². The fourth-order valence-corrected chi connectivity index (χ4v) is 3.29. The molecule has 3 aromatic rings. The van der Waals surface area contributed by atoms with Crippen molar-refractivity contribution in [3.8, 4) is 23.1 Å². The van der Waals surface area contributed by atoms with Gasteiger partial charge in [0.05, 0.1) is 11.5 Å². The van der Waals surface area contributed by atoms with Gasteiger partial charge in [-0.3, -0.25) is 5.10 Å². The van der Waals surface area contributed by atoms with Gasteiger partial charge in [-0.2, -0.15) is 18.4 Å². The molecule has 2 aromatic carbocycles. The van der Waals surface area contributed by atoms with Crippen LogP contribution in [0.2, 0.25) is 0 Å². The maximum absolute atomic E-state index is 13.5. The zero-order chi connectivity index (χ0) is 19.9. The molecule has 1 aliphatic heterocycles. The summed E-state index contributed by atoms with van der Waals surface area (Å²) in [5, 5.41) is 15.1. The number of aromatic nitrogens is 2. The fourth-order valence-electron chi connectivity index (χ4n) is 3.29. The molecular formula is C20H13F3N4O. The van der Waals surface area contributed by atoms with Gasteiger partial charge in [0.25, 0.3) is 0 Å². The van der Waals surface area contributed by atoms with Gasteiger partial charge in [0.15, 0.2) is 0 Å². The van der Waals surface area contributed by atoms with Gasteiger partial charge in [0.1, 0.15) is 17.3 Å². The molecule has 0 spiro atoms. The van der Waals surface area contributed by atoms with E-state index in [-0.39, 0.29) is 22.9 Å². The quantitative estimate of drug-likeness (QED) is 0.691. The lowest BCUT2D eigenvalue weighted by Gasteiger charge is -2.24. The molecule has 8 heteroatoms. The number of hydrogen-bond acceptors (Lipinski definition) is 4. The van der Waals surface area contributed by atoms with Crippen LogP contribution in [0.5, 0.6) is 5.88 Å². The Hall–Kier alpha value is -3.73. The van der Waals surface area contributed by atoms with Crippen LogP contribution in [0, 0.1) is 11.3 Å². The van der Waals surface area contributed by atoms with Crippen molar-refractivity contribution < 1.29 is 17.9 Å². The van der Waals surface area contributed by atoms with E-state index in [2.05, 4.69) is 5.10 Å². The van der Waals surface area contributed by atoms with E-state index in [1.54, 1.807) is 24.3 Å². The summed E-state index contributed by atoms with van der Waals surface area (Å²) in [6.45, 7) is 0. The van der Waals surface area contributed by atoms with E-state index in [0.29, 0.717) is 5.56 Å². The monoisotopic (exact) mass is 382 g/mol. The molecule has 0 aliphatic carbocycles. The molecular weight excluding hydrogens is 369 g/mol. The summed E-state index contributed by atoms with van der Waals surface area (Å²) in [6.07, 6.45) is -4.68. The average molecular weight is 382 g/mol. The molecule has 0 bridgehead atoms. The molecule has 2 heterocycles. The highest BCUT2D eigenvalue weighted by Crippen LogP contribution is 2.47. The lowest BCUT2D eigenvalue weighted by molar-refractivity contribution is -0.141. The summed E-state index contributed by atoms with van der Waals surface area (Å²) >= 11 is 0. The zero-order valence-electron chi connectivity index (χ0n) is 14.3. The Labute approximate surface area is 157 Å². The van der Waals surface area contributed by atoms with Crippen LogP contribution in [0.4, 0.5) is 13.2 Å². The third kappa shape index (κ3) is 2.87. The minimum atomic E-state index is -4.68. The highest BCUT2D eigenvalue weighted by atomic mass is 19.4. The predicted octanol–water partition coefficient (Wildman–Crippen LogP) is 4.31. The van der Waals surface area contributed by atoms with Gasteiger partial charge >= 0.3 is 6.18 Å². The van der Waals surface area contributed by atoms with E-state index < -0.39 is 17.8 Å². The first-order valence-electron chi connectivity index (χ1n) is 8.28. The Morgan fingerprint density at radius 2 is 1.68 bits per heavy atom. The molecule has 5 nitrogen and oxygen atoms in total. The SMILES string of the molecule is N#CC1=C(N)Oc2n[nH]c(C(F)(F)F)c2[C@H]1c1ccc(-c2ccccc2)cc1. The van der Waals surface area contributed by atoms with E-state index in [1.165, 1.54) is 0 Å². The fraction of sp³-hybridized carbons (Fsp3) is 0.100. The minimum Gasteiger partial charge on any atom is -0.420 e. The number of fused-ring (bicyclic) bond motifs is 1. The molecule has 0 radical (unpaired) electrons. The van der Waals surface area contributed by atoms with Gasteiger partial charge in [0.2, 0.25) is 11.8 Å². The van der Waals surface area contributed by atoms with Crippen molar-refractivity contribution in [2.75, 3.05) is 0 Å². The summed E-state index contributed by atoms with van der Waals surface area (Å²) in [5.41, 5.74) is 6.73. The third-order valence-corrected chi connectivity index (χ3v) is 4.57. The van der Waals surface area contributed by atoms with E-state index in [0.717, 1.165) is 11.1 Å². The second-order valence-electron chi connectivity index (χ2n) is 6.23. The van der Waals surface area contributed by atoms with E-state index >= 15 is 0 Å². The number of nitrogens with one attached hydrogen (secondary N) is 1. The van der Waals surface area contributed by atoms with E-state index in [4.69, 9.17) is 10.5 Å². The van der Waals surface area contributed by atoms with Crippen LogP contribution in [0.15, 0.2) is 66.1 Å². The number of hydrogen-bond donors (Lipinski definition) is 2. The van der Waals surface area contributed by atoms with Gasteiger partial charge in [-0.1, -0.05) is 54.6 Å². The van der Waals surface area contributed by atoms with Crippen LogP contribution in [-0.2, 0) is 6.18 Å². The van der Waals surface area contributed by atoms with Crippen LogP contribution in [0.25, 0.3) is 11.1 Å². The largest absolute Gasteiger partial charge is 0.433 e. The topological polar surface area (TPSA) is 87.7 Å². The van der Waals surface area contributed by atoms with Crippen molar-refractivity contribution in [2.45, 2.75) is 12.1 Å². The summed E-state index contributed by atoms with van der Waals surface area (Å²) in [6, 6.07) is 18.4. The first kappa shape index (κ1) is 17.7. The molecule has 0 unspecified atom stereocenters. The molecule has 0 saturated carbocycles. The number of ether oxygens (including phenoxy) is 1. The lowest BCUT2D eigenvalue weighted by Crippen LogP contribution is -2.22. The lowest BCUT2D eigenvalue weighted by atomic mass is 9.83. The molecule has 0 fully saturated rings. The molecule has 0 amide bonds. The number of benzene rings is 2. The number of allylic oxidation sites excluding steroid dienone is 1. The van der Waals surface area contributed by atoms with Crippen molar-refractivity contribution >= 4 is 0 Å². The third-order valence-electron chi connectivity index (χ3n) is 4.57. The van der Waals surface area contributed by atoms with Gasteiger partial charge in [-0.05, 0) is 16.7 Å². The molecule has 0 saturated heterocycles. The smallest absolute Gasteiger partial charge is 0.420 e. The minimum absolute atomic E-state index is 0.0909. The van der Waals surface area contributed by atoms with Crippen LogP contribution < -0.4 is 10.5 Å². The number of H-pyrrole nitrogens is 1. The highest BCUT2D eigenvalue weighted by Gasteiger charge is 2.44. The second-order valence-corrected chi connectivity index (χ2v) is 6.23. The Morgan fingerprint density at radius 1 is 1.04 bits per heavy atom. The Bertz CT molecular complexity index is 1090. The zero-order valence-corrected chi connectivity index (χ0v) is 14.3. The Kier molecular flexibility index (Phi) is 4.08. The van der Waals surface area contributed by atoms with E-state index in [9.17, 15) is 18.4 Å². The second kappa shape index (κ2) is 6.46. The number of alkyl halides is 3. The summed E-state index contributed by atoms with van der Waals surface area (Å²) in [7, 11) is 0. The number of nitrogens with zero attached hydrogens (tertiary/aromatic N) is 2. The van der Waals surface area contributed by atoms with E-state index in [1.807, 2.05) is 41.5 Å². The maximum atomic E-state index is 13.5. The number of nitriles is 1. The standard InChI is InChI=1S/C20H13F3N4O/c21-20(22,23)17-16-15(14(10-24)18(25)28-19(16)27-26-17)13-8-6-12(7-9-13)11-4-2-1-3-5-11/h1-9,15H,25H2,(H,26,27)/t15-/m0/s1. The molecule has 1 atom stereocenters. The molecule has 3 N–H and O–H groups in total. The number of aromatic amines is 1. The average Bonchev–Trinajstić information content (AvgIpc) is 3.11. The molecule has 140 valence electrons. The molecule has 1 aromatic heterocycles.